The molecular weight excluding hydrogens is 400 g/mol. The Morgan fingerprint density at radius 3 is 2.19 bits per heavy atom. The Morgan fingerprint density at radius 2 is 1.69 bits per heavy atom. The summed E-state index contributed by atoms with van der Waals surface area (Å²) in [6.07, 6.45) is 6.93. The van der Waals surface area contributed by atoms with E-state index in [0.717, 1.165) is 61.6 Å². The van der Waals surface area contributed by atoms with E-state index in [-0.39, 0.29) is 41.4 Å². The van der Waals surface area contributed by atoms with Crippen molar-refractivity contribution in [3.05, 3.63) is 34.9 Å². The minimum atomic E-state index is -0.0622. The molecule has 4 heteroatoms. The predicted molar refractivity (Wildman–Crippen MR) is 130 cm³/mol. The summed E-state index contributed by atoms with van der Waals surface area (Å²) in [6, 6.07) is 6.10. The fourth-order valence-corrected chi connectivity index (χ4v) is 5.05. The van der Waals surface area contributed by atoms with Crippen molar-refractivity contribution in [2.24, 2.45) is 17.8 Å². The number of Topliss-reactive ketones (excluding diaryl/α,β-unsaturated/α-hetero) is 4. The molecule has 0 N–H and O–H groups in total. The van der Waals surface area contributed by atoms with Crippen molar-refractivity contribution in [2.45, 2.75) is 99.3 Å². The summed E-state index contributed by atoms with van der Waals surface area (Å²) >= 11 is 0. The van der Waals surface area contributed by atoms with Gasteiger partial charge in [-0.1, -0.05) is 51.8 Å². The summed E-state index contributed by atoms with van der Waals surface area (Å²) in [7, 11) is 0. The lowest BCUT2D eigenvalue weighted by Gasteiger charge is -2.31. The van der Waals surface area contributed by atoms with Crippen LogP contribution in [0.3, 0.4) is 0 Å². The maximum atomic E-state index is 12.7. The van der Waals surface area contributed by atoms with Gasteiger partial charge >= 0.3 is 0 Å². The first kappa shape index (κ1) is 27.9. The first-order valence-electron chi connectivity index (χ1n) is 12.3. The third-order valence-corrected chi connectivity index (χ3v) is 6.36. The molecule has 1 aromatic carbocycles. The van der Waals surface area contributed by atoms with Crippen LogP contribution in [0, 0.1) is 24.7 Å². The van der Waals surface area contributed by atoms with Gasteiger partial charge in [0.2, 0.25) is 0 Å². The van der Waals surface area contributed by atoms with Crippen LogP contribution in [0.2, 0.25) is 0 Å². The standard InChI is InChI=1S/C23H32O3.C5H10O/c1-5-8-18(20(6-2)21(25)11-16(4)24)12-17-13-19-10-7-9-15(3)23(19)22(26)14-17;1-3-4-5(2)6/h7,9-10,17-18,20H,5-6,8,11-14H2,1-4H3;3-4H2,1-2H3. The Labute approximate surface area is 194 Å². The van der Waals surface area contributed by atoms with Crippen LogP contribution in [0.1, 0.15) is 107 Å². The minimum absolute atomic E-state index is 0.0460. The summed E-state index contributed by atoms with van der Waals surface area (Å²) in [5.74, 6) is 1.06. The van der Waals surface area contributed by atoms with E-state index in [1.807, 2.05) is 32.9 Å². The normalized spacial score (nSPS) is 16.9. The van der Waals surface area contributed by atoms with Crippen LogP contribution >= 0.6 is 0 Å². The van der Waals surface area contributed by atoms with Crippen molar-refractivity contribution in [2.75, 3.05) is 0 Å². The number of fused-ring (bicyclic) bond motifs is 1. The monoisotopic (exact) mass is 442 g/mol. The lowest BCUT2D eigenvalue weighted by molar-refractivity contribution is -0.130. The number of hydrogen-bond donors (Lipinski definition) is 0. The summed E-state index contributed by atoms with van der Waals surface area (Å²) in [6.45, 7) is 11.3. The van der Waals surface area contributed by atoms with E-state index in [1.165, 1.54) is 6.92 Å². The molecule has 0 aliphatic heterocycles. The number of aryl methyl sites for hydroxylation is 1. The van der Waals surface area contributed by atoms with Crippen molar-refractivity contribution >= 4 is 23.1 Å². The number of ketones is 4. The maximum absolute atomic E-state index is 12.7. The quantitative estimate of drug-likeness (QED) is 0.367. The highest BCUT2D eigenvalue weighted by molar-refractivity contribution is 6.00. The molecule has 3 atom stereocenters. The van der Waals surface area contributed by atoms with Gasteiger partial charge in [0.1, 0.15) is 17.3 Å². The SMILES string of the molecule is CCCC(C)=O.CCCC(CC1CC(=O)c2c(C)cccc2C1)C(CC)C(=O)CC(C)=O. The predicted octanol–water partition coefficient (Wildman–Crippen LogP) is 6.50. The van der Waals surface area contributed by atoms with Gasteiger partial charge in [-0.25, -0.2) is 0 Å². The summed E-state index contributed by atoms with van der Waals surface area (Å²) in [5.41, 5.74) is 3.14. The van der Waals surface area contributed by atoms with Crippen molar-refractivity contribution in [1.82, 2.24) is 0 Å². The molecular formula is C28H42O4. The molecule has 1 aromatic rings. The first-order valence-corrected chi connectivity index (χ1v) is 12.3. The van der Waals surface area contributed by atoms with Gasteiger partial charge < -0.3 is 4.79 Å². The average molecular weight is 443 g/mol. The fourth-order valence-electron chi connectivity index (χ4n) is 5.05. The number of rotatable bonds is 11. The molecule has 0 heterocycles. The Balaban J connectivity index is 0.000000751. The van der Waals surface area contributed by atoms with E-state index in [9.17, 15) is 19.2 Å². The number of carbonyl (C=O) groups is 4. The maximum Gasteiger partial charge on any atom is 0.163 e. The van der Waals surface area contributed by atoms with Gasteiger partial charge in [0.15, 0.2) is 5.78 Å². The third kappa shape index (κ3) is 8.80. The van der Waals surface area contributed by atoms with Crippen LogP contribution in [-0.2, 0) is 20.8 Å². The van der Waals surface area contributed by atoms with Crippen molar-refractivity contribution < 1.29 is 19.2 Å². The molecule has 0 bridgehead atoms. The highest BCUT2D eigenvalue weighted by atomic mass is 16.1. The van der Waals surface area contributed by atoms with E-state index in [2.05, 4.69) is 13.0 Å². The molecule has 0 saturated heterocycles. The molecule has 0 saturated carbocycles. The Kier molecular flexibility index (Phi) is 12.3. The molecule has 0 spiro atoms. The van der Waals surface area contributed by atoms with Crippen LogP contribution in [-0.4, -0.2) is 23.1 Å². The Bertz CT molecular complexity index is 793. The zero-order chi connectivity index (χ0) is 24.3. The second-order valence-electron chi connectivity index (χ2n) is 9.40. The minimum Gasteiger partial charge on any atom is -0.300 e. The molecule has 2 rings (SSSR count). The molecule has 0 amide bonds. The van der Waals surface area contributed by atoms with Gasteiger partial charge in [-0.05, 0) is 69.4 Å². The molecule has 0 fully saturated rings. The molecule has 32 heavy (non-hydrogen) atoms. The van der Waals surface area contributed by atoms with Gasteiger partial charge in [-0.2, -0.15) is 0 Å². The zero-order valence-electron chi connectivity index (χ0n) is 21.0. The smallest absolute Gasteiger partial charge is 0.163 e. The van der Waals surface area contributed by atoms with Crippen LogP contribution < -0.4 is 0 Å². The highest BCUT2D eigenvalue weighted by Gasteiger charge is 2.32. The molecule has 178 valence electrons. The molecule has 0 aromatic heterocycles. The molecule has 4 nitrogen and oxygen atoms in total. The highest BCUT2D eigenvalue weighted by Crippen LogP contribution is 2.36. The van der Waals surface area contributed by atoms with Gasteiger partial charge in [0.25, 0.3) is 0 Å². The Morgan fingerprint density at radius 1 is 1.00 bits per heavy atom. The zero-order valence-corrected chi connectivity index (χ0v) is 21.0. The second-order valence-corrected chi connectivity index (χ2v) is 9.40. The lowest BCUT2D eigenvalue weighted by atomic mass is 9.72. The van der Waals surface area contributed by atoms with Gasteiger partial charge in [0, 0.05) is 24.3 Å². The van der Waals surface area contributed by atoms with E-state index in [1.54, 1.807) is 6.92 Å². The van der Waals surface area contributed by atoms with Gasteiger partial charge in [0.05, 0.1) is 6.42 Å². The third-order valence-electron chi connectivity index (χ3n) is 6.36. The fraction of sp³-hybridized carbons (Fsp3) is 0.643. The van der Waals surface area contributed by atoms with Crippen molar-refractivity contribution in [3.63, 3.8) is 0 Å². The van der Waals surface area contributed by atoms with Gasteiger partial charge in [-0.15, -0.1) is 0 Å². The molecule has 1 aliphatic rings. The van der Waals surface area contributed by atoms with Crippen LogP contribution in [0.4, 0.5) is 0 Å². The summed E-state index contributed by atoms with van der Waals surface area (Å²) in [4.78, 5) is 46.7. The molecule has 0 radical (unpaired) electrons. The second kappa shape index (κ2) is 14.1. The van der Waals surface area contributed by atoms with E-state index in [0.29, 0.717) is 12.3 Å². The number of carbonyl (C=O) groups excluding carboxylic acids is 4. The first-order chi connectivity index (χ1) is 15.1. The van der Waals surface area contributed by atoms with E-state index >= 15 is 0 Å². The van der Waals surface area contributed by atoms with Crippen LogP contribution in [0.25, 0.3) is 0 Å². The summed E-state index contributed by atoms with van der Waals surface area (Å²) in [5, 5.41) is 0. The van der Waals surface area contributed by atoms with Crippen LogP contribution in [0.5, 0.6) is 0 Å². The van der Waals surface area contributed by atoms with E-state index < -0.39 is 0 Å². The molecule has 1 aliphatic carbocycles. The lowest BCUT2D eigenvalue weighted by Crippen LogP contribution is -2.29. The van der Waals surface area contributed by atoms with E-state index in [4.69, 9.17) is 0 Å². The van der Waals surface area contributed by atoms with Gasteiger partial charge in [-0.3, -0.25) is 14.4 Å². The number of benzene rings is 1. The van der Waals surface area contributed by atoms with Crippen molar-refractivity contribution in [1.29, 1.82) is 0 Å². The number of hydrogen-bond acceptors (Lipinski definition) is 4. The average Bonchev–Trinajstić information content (AvgIpc) is 2.68. The van der Waals surface area contributed by atoms with Crippen LogP contribution in [0.15, 0.2) is 18.2 Å². The largest absolute Gasteiger partial charge is 0.300 e. The topological polar surface area (TPSA) is 68.3 Å². The summed E-state index contributed by atoms with van der Waals surface area (Å²) < 4.78 is 0. The molecule has 3 unspecified atom stereocenters. The Hall–Kier alpha value is -2.10. The van der Waals surface area contributed by atoms with Crippen molar-refractivity contribution in [3.8, 4) is 0 Å².